The first-order valence-electron chi connectivity index (χ1n) is 13.0. The van der Waals surface area contributed by atoms with E-state index in [2.05, 4.69) is 55.1 Å². The molecule has 0 saturated heterocycles. The van der Waals surface area contributed by atoms with Gasteiger partial charge in [-0.3, -0.25) is 0 Å². The van der Waals surface area contributed by atoms with Crippen LogP contribution in [-0.2, 0) is 23.0 Å². The number of fused-ring (bicyclic) bond motifs is 2. The molecule has 0 aliphatic carbocycles. The van der Waals surface area contributed by atoms with Crippen LogP contribution in [0.2, 0.25) is 0 Å². The Labute approximate surface area is 239 Å². The molecular weight excluding hydrogens is 485 g/mol. The number of aryl methyl sites for hydroxylation is 2. The quantitative estimate of drug-likeness (QED) is 0.200. The van der Waals surface area contributed by atoms with Gasteiger partial charge in [0.1, 0.15) is 0 Å². The topological polar surface area (TPSA) is 60.4 Å². The van der Waals surface area contributed by atoms with E-state index < -0.39 is 15.4 Å². The number of hydrogen-bond acceptors (Lipinski definition) is 5. The van der Waals surface area contributed by atoms with Crippen LogP contribution in [0.25, 0.3) is 0 Å². The molecule has 0 saturated carbocycles. The summed E-state index contributed by atoms with van der Waals surface area (Å²) in [5.41, 5.74) is 5.03. The van der Waals surface area contributed by atoms with Crippen LogP contribution in [0.3, 0.4) is 0 Å². The minimum atomic E-state index is -4.29. The number of hydrogen-bond donors (Lipinski definition) is 0. The van der Waals surface area contributed by atoms with E-state index in [1.807, 2.05) is 11.8 Å². The predicted molar refractivity (Wildman–Crippen MR) is 143 cm³/mol. The summed E-state index contributed by atoms with van der Waals surface area (Å²) in [5.74, 6) is 0. The molecule has 0 amide bonds. The standard InChI is InChI=1S/C28H41NO3S2.Na/c1-4-6-8-10-14-23-16-12-18-25-27(23)33-28-24(15-11-9-7-5-2)17-13-19-26(28)29(25)21-20-22(3)34(30,31)32;/h12-13,16-19,22H,4-11,14-15,20-21H2,1-3H3,(H,30,31,32);/q;+1/p-1. The Morgan fingerprint density at radius 3 is 1.74 bits per heavy atom. The smallest absolute Gasteiger partial charge is 0.748 e. The van der Waals surface area contributed by atoms with Gasteiger partial charge < -0.3 is 9.45 Å². The maximum Gasteiger partial charge on any atom is 1.00 e. The molecule has 1 aliphatic rings. The maximum atomic E-state index is 11.6. The molecule has 1 atom stereocenters. The van der Waals surface area contributed by atoms with E-state index >= 15 is 0 Å². The van der Waals surface area contributed by atoms with Crippen LogP contribution in [0, 0.1) is 0 Å². The second kappa shape index (κ2) is 15.0. The van der Waals surface area contributed by atoms with E-state index in [1.165, 1.54) is 79.2 Å². The zero-order valence-corrected chi connectivity index (χ0v) is 25.6. The Morgan fingerprint density at radius 1 is 0.829 bits per heavy atom. The van der Waals surface area contributed by atoms with Crippen LogP contribution in [0.5, 0.6) is 0 Å². The van der Waals surface area contributed by atoms with Gasteiger partial charge in [-0.25, -0.2) is 8.42 Å². The summed E-state index contributed by atoms with van der Waals surface area (Å²) in [6.07, 6.45) is 12.3. The largest absolute Gasteiger partial charge is 1.00 e. The second-order valence-corrected chi connectivity index (χ2v) is 12.3. The summed E-state index contributed by atoms with van der Waals surface area (Å²) in [5, 5.41) is -0.900. The van der Waals surface area contributed by atoms with Gasteiger partial charge in [0.25, 0.3) is 0 Å². The number of anilines is 2. The summed E-state index contributed by atoms with van der Waals surface area (Å²) in [6.45, 7) is 6.51. The van der Waals surface area contributed by atoms with Gasteiger partial charge in [0, 0.05) is 21.6 Å². The Hall–Kier alpha value is -0.500. The molecule has 0 aromatic heterocycles. The van der Waals surface area contributed by atoms with E-state index in [1.54, 1.807) is 0 Å². The third kappa shape index (κ3) is 8.51. The third-order valence-corrected chi connectivity index (χ3v) is 9.36. The molecule has 2 aromatic carbocycles. The van der Waals surface area contributed by atoms with Crippen molar-refractivity contribution in [2.45, 2.75) is 106 Å². The van der Waals surface area contributed by atoms with Crippen molar-refractivity contribution >= 4 is 33.3 Å². The van der Waals surface area contributed by atoms with E-state index in [0.717, 1.165) is 24.2 Å². The van der Waals surface area contributed by atoms with E-state index in [-0.39, 0.29) is 29.6 Å². The molecular formula is C28H40NNaO3S2. The van der Waals surface area contributed by atoms with Gasteiger partial charge in [-0.15, -0.1) is 0 Å². The zero-order chi connectivity index (χ0) is 24.6. The Kier molecular flexibility index (Phi) is 13.2. The summed E-state index contributed by atoms with van der Waals surface area (Å²) >= 11 is 1.89. The minimum absolute atomic E-state index is 0. The van der Waals surface area contributed by atoms with Gasteiger partial charge in [-0.1, -0.05) is 88.4 Å². The van der Waals surface area contributed by atoms with Crippen LogP contribution in [0.1, 0.15) is 89.7 Å². The molecule has 1 unspecified atom stereocenters. The molecule has 1 heterocycles. The fourth-order valence-corrected chi connectivity index (χ4v) is 6.38. The first kappa shape index (κ1) is 30.7. The molecule has 2 aromatic rings. The molecule has 0 fully saturated rings. The summed E-state index contributed by atoms with van der Waals surface area (Å²) in [6, 6.07) is 13.0. The molecule has 7 heteroatoms. The van der Waals surface area contributed by atoms with Crippen LogP contribution >= 0.6 is 11.8 Å². The number of unbranched alkanes of at least 4 members (excludes halogenated alkanes) is 6. The van der Waals surface area contributed by atoms with E-state index in [0.29, 0.717) is 13.0 Å². The molecule has 0 spiro atoms. The van der Waals surface area contributed by atoms with Crippen molar-refractivity contribution in [3.63, 3.8) is 0 Å². The fourth-order valence-electron chi connectivity index (χ4n) is 4.61. The third-order valence-electron chi connectivity index (χ3n) is 6.79. The van der Waals surface area contributed by atoms with Gasteiger partial charge in [-0.2, -0.15) is 0 Å². The second-order valence-electron chi connectivity index (χ2n) is 9.50. The number of benzene rings is 2. The van der Waals surface area contributed by atoms with Crippen molar-refractivity contribution in [2.75, 3.05) is 11.4 Å². The number of rotatable bonds is 14. The normalized spacial score (nSPS) is 13.7. The van der Waals surface area contributed by atoms with Crippen LogP contribution in [0.4, 0.5) is 11.4 Å². The molecule has 3 rings (SSSR count). The molecule has 188 valence electrons. The first-order chi connectivity index (χ1) is 16.4. The summed E-state index contributed by atoms with van der Waals surface area (Å²) < 4.78 is 34.7. The molecule has 0 radical (unpaired) electrons. The van der Waals surface area contributed by atoms with Gasteiger partial charge in [0.05, 0.1) is 21.5 Å². The van der Waals surface area contributed by atoms with E-state index in [4.69, 9.17) is 0 Å². The van der Waals surface area contributed by atoms with Gasteiger partial charge in [0.15, 0.2) is 0 Å². The summed E-state index contributed by atoms with van der Waals surface area (Å²) in [7, 11) is -4.29. The van der Waals surface area contributed by atoms with Crippen LogP contribution in [0.15, 0.2) is 46.2 Å². The maximum absolute atomic E-state index is 11.6. The van der Waals surface area contributed by atoms with Crippen molar-refractivity contribution in [1.29, 1.82) is 0 Å². The Bertz CT molecular complexity index is 981. The summed E-state index contributed by atoms with van der Waals surface area (Å²) in [4.78, 5) is 4.85. The van der Waals surface area contributed by atoms with Crippen LogP contribution in [-0.4, -0.2) is 24.8 Å². The van der Waals surface area contributed by atoms with Crippen molar-refractivity contribution in [3.8, 4) is 0 Å². The minimum Gasteiger partial charge on any atom is -0.748 e. The number of nitrogens with zero attached hydrogens (tertiary/aromatic N) is 1. The average Bonchev–Trinajstić information content (AvgIpc) is 2.81. The SMILES string of the molecule is CCCCCCc1cccc2c1Sc1c(CCCCCC)cccc1N2CCC(C)S(=O)(=O)[O-].[Na+]. The fraction of sp³-hybridized carbons (Fsp3) is 0.571. The zero-order valence-electron chi connectivity index (χ0n) is 22.0. The molecule has 35 heavy (non-hydrogen) atoms. The van der Waals surface area contributed by atoms with Crippen LogP contribution < -0.4 is 34.5 Å². The van der Waals surface area contributed by atoms with E-state index in [9.17, 15) is 13.0 Å². The first-order valence-corrected chi connectivity index (χ1v) is 15.3. The molecule has 4 nitrogen and oxygen atoms in total. The van der Waals surface area contributed by atoms with Crippen molar-refractivity contribution in [2.24, 2.45) is 0 Å². The predicted octanol–water partition coefficient (Wildman–Crippen LogP) is 4.86. The Balaban J connectivity index is 0.00000432. The average molecular weight is 526 g/mol. The van der Waals surface area contributed by atoms with Gasteiger partial charge in [-0.05, 0) is 62.3 Å². The van der Waals surface area contributed by atoms with Gasteiger partial charge in [0.2, 0.25) is 0 Å². The van der Waals surface area contributed by atoms with Crippen molar-refractivity contribution in [3.05, 3.63) is 47.5 Å². The van der Waals surface area contributed by atoms with Crippen molar-refractivity contribution < 1.29 is 42.5 Å². The molecule has 0 bridgehead atoms. The van der Waals surface area contributed by atoms with Crippen molar-refractivity contribution in [1.82, 2.24) is 0 Å². The molecule has 1 aliphatic heterocycles. The monoisotopic (exact) mass is 525 g/mol. The molecule has 0 N–H and O–H groups in total. The Morgan fingerprint density at radius 2 is 1.31 bits per heavy atom. The van der Waals surface area contributed by atoms with Gasteiger partial charge >= 0.3 is 29.6 Å².